The maximum atomic E-state index is 15.0. The van der Waals surface area contributed by atoms with Gasteiger partial charge in [-0.15, -0.1) is 0 Å². The number of carbonyl (C=O) groups excluding carboxylic acids is 1. The van der Waals surface area contributed by atoms with Gasteiger partial charge in [-0.3, -0.25) is 9.80 Å². The van der Waals surface area contributed by atoms with Crippen molar-refractivity contribution in [1.82, 2.24) is 25.2 Å². The van der Waals surface area contributed by atoms with E-state index in [1.54, 1.807) is 40.1 Å². The van der Waals surface area contributed by atoms with E-state index >= 15 is 0 Å². The number of hydrogen-bond donors (Lipinski definition) is 2. The predicted molar refractivity (Wildman–Crippen MR) is 118 cm³/mol. The van der Waals surface area contributed by atoms with Crippen molar-refractivity contribution in [3.63, 3.8) is 0 Å². The van der Waals surface area contributed by atoms with Crippen LogP contribution in [0.2, 0.25) is 0 Å². The molecule has 2 fully saturated rings. The van der Waals surface area contributed by atoms with E-state index in [0.717, 1.165) is 37.2 Å². The summed E-state index contributed by atoms with van der Waals surface area (Å²) in [6.07, 6.45) is 9.00. The van der Waals surface area contributed by atoms with Crippen molar-refractivity contribution < 1.29 is 9.18 Å². The third kappa shape index (κ3) is 3.44. The third-order valence-corrected chi connectivity index (χ3v) is 6.17. The van der Waals surface area contributed by atoms with Gasteiger partial charge in [0.1, 0.15) is 11.4 Å². The van der Waals surface area contributed by atoms with Gasteiger partial charge in [0, 0.05) is 37.1 Å². The fraction of sp³-hybridized carbons (Fsp3) is 0.304. The first-order chi connectivity index (χ1) is 15.7. The molecule has 2 aliphatic heterocycles. The summed E-state index contributed by atoms with van der Waals surface area (Å²) in [5.74, 6) is 0.123. The Bertz CT molecular complexity index is 1270. The zero-order valence-electron chi connectivity index (χ0n) is 17.3. The van der Waals surface area contributed by atoms with Crippen LogP contribution in [0, 0.1) is 11.7 Å². The Balaban J connectivity index is 1.28. The van der Waals surface area contributed by atoms with Crippen LogP contribution in [-0.2, 0) is 0 Å². The zero-order valence-corrected chi connectivity index (χ0v) is 17.3. The molecule has 8 nitrogen and oxygen atoms in total. The van der Waals surface area contributed by atoms with Crippen molar-refractivity contribution in [2.45, 2.75) is 18.8 Å². The standard InChI is InChI=1S/C23H22FN7O/c24-19-8-15(14-2-3-14)4-5-21(19)31-13-17(9-20(29-31)16-10-25-11-16)28-23(32)18-12-27-30-7-1-6-26-22(18)30/h1,4-9,12,14,16,25H,2-3,10-11,13H2,(H,28,32). The fourth-order valence-electron chi connectivity index (χ4n) is 4.10. The number of halogens is 1. The fourth-order valence-corrected chi connectivity index (χ4v) is 4.10. The van der Waals surface area contributed by atoms with Crippen molar-refractivity contribution in [3.8, 4) is 0 Å². The molecule has 1 aliphatic carbocycles. The smallest absolute Gasteiger partial charge is 0.260 e. The molecule has 32 heavy (non-hydrogen) atoms. The molecule has 9 heteroatoms. The van der Waals surface area contributed by atoms with Crippen LogP contribution in [0.25, 0.3) is 5.65 Å². The van der Waals surface area contributed by atoms with Gasteiger partial charge in [-0.2, -0.15) is 10.2 Å². The molecule has 1 saturated heterocycles. The second kappa shape index (κ2) is 7.52. The number of rotatable bonds is 5. The molecule has 1 aromatic carbocycles. The topological polar surface area (TPSA) is 86.9 Å². The molecule has 4 heterocycles. The number of carbonyl (C=O) groups is 1. The maximum absolute atomic E-state index is 15.0. The number of amides is 1. The van der Waals surface area contributed by atoms with Gasteiger partial charge in [0.2, 0.25) is 0 Å². The monoisotopic (exact) mass is 431 g/mol. The predicted octanol–water partition coefficient (Wildman–Crippen LogP) is 2.46. The van der Waals surface area contributed by atoms with Gasteiger partial charge in [0.15, 0.2) is 5.65 Å². The van der Waals surface area contributed by atoms with Gasteiger partial charge in [-0.05, 0) is 48.6 Å². The number of allylic oxidation sites excluding steroid dienone is 1. The molecule has 3 aliphatic rings. The van der Waals surface area contributed by atoms with E-state index in [-0.39, 0.29) is 24.2 Å². The summed E-state index contributed by atoms with van der Waals surface area (Å²) in [6, 6.07) is 7.15. The quantitative estimate of drug-likeness (QED) is 0.648. The minimum atomic E-state index is -0.303. The molecule has 0 bridgehead atoms. The minimum Gasteiger partial charge on any atom is -0.324 e. The Morgan fingerprint density at radius 1 is 1.22 bits per heavy atom. The SMILES string of the molecule is O=C(NC1=CC(C2CNC2)=NN(c2ccc(C3CC3)cc2F)C1)c1cnn2cccnc12. The highest BCUT2D eigenvalue weighted by Gasteiger charge is 2.29. The highest BCUT2D eigenvalue weighted by molar-refractivity contribution is 6.03. The number of nitrogens with zero attached hydrogens (tertiary/aromatic N) is 5. The van der Waals surface area contributed by atoms with Crippen molar-refractivity contribution in [2.24, 2.45) is 11.0 Å². The summed E-state index contributed by atoms with van der Waals surface area (Å²) in [6.45, 7) is 1.89. The highest BCUT2D eigenvalue weighted by atomic mass is 19.1. The summed E-state index contributed by atoms with van der Waals surface area (Å²) in [5, 5.41) is 16.7. The van der Waals surface area contributed by atoms with Crippen molar-refractivity contribution in [2.75, 3.05) is 24.6 Å². The molecule has 2 N–H and O–H groups in total. The van der Waals surface area contributed by atoms with E-state index in [1.807, 2.05) is 12.1 Å². The second-order valence-corrected chi connectivity index (χ2v) is 8.49. The van der Waals surface area contributed by atoms with Crippen LogP contribution < -0.4 is 15.6 Å². The molecule has 162 valence electrons. The first kappa shape index (κ1) is 19.1. The summed E-state index contributed by atoms with van der Waals surface area (Å²) in [7, 11) is 0. The molecule has 0 spiro atoms. The molecular weight excluding hydrogens is 409 g/mol. The summed E-state index contributed by atoms with van der Waals surface area (Å²) in [4.78, 5) is 17.2. The lowest BCUT2D eigenvalue weighted by molar-refractivity contribution is 0.0966. The van der Waals surface area contributed by atoms with Crippen LogP contribution in [0.15, 0.2) is 59.7 Å². The molecule has 1 amide bonds. The lowest BCUT2D eigenvalue weighted by Gasteiger charge is -2.33. The van der Waals surface area contributed by atoms with Crippen LogP contribution in [0.3, 0.4) is 0 Å². The summed E-state index contributed by atoms with van der Waals surface area (Å²) in [5.41, 5.74) is 3.81. The summed E-state index contributed by atoms with van der Waals surface area (Å²) < 4.78 is 16.5. The van der Waals surface area contributed by atoms with E-state index in [0.29, 0.717) is 28.5 Å². The Morgan fingerprint density at radius 2 is 2.09 bits per heavy atom. The van der Waals surface area contributed by atoms with Gasteiger partial charge in [-0.25, -0.2) is 13.9 Å². The van der Waals surface area contributed by atoms with Gasteiger partial charge in [0.05, 0.1) is 24.1 Å². The average molecular weight is 431 g/mol. The Labute approximate surface area is 183 Å². The van der Waals surface area contributed by atoms with Crippen LogP contribution >= 0.6 is 0 Å². The second-order valence-electron chi connectivity index (χ2n) is 8.49. The molecule has 2 aromatic heterocycles. The Morgan fingerprint density at radius 3 is 2.84 bits per heavy atom. The normalized spacial score (nSPS) is 18.8. The number of fused-ring (bicyclic) bond motifs is 1. The van der Waals surface area contributed by atoms with Gasteiger partial charge in [0.25, 0.3) is 5.91 Å². The molecule has 0 unspecified atom stereocenters. The number of nitrogens with one attached hydrogen (secondary N) is 2. The number of hydrazone groups is 1. The molecular formula is C23H22FN7O. The number of benzene rings is 1. The molecule has 1 saturated carbocycles. The molecule has 3 aromatic rings. The number of anilines is 1. The van der Waals surface area contributed by atoms with Crippen molar-refractivity contribution >= 4 is 23.0 Å². The van der Waals surface area contributed by atoms with Gasteiger partial charge < -0.3 is 10.6 Å². The lowest BCUT2D eigenvalue weighted by atomic mass is 9.95. The summed E-state index contributed by atoms with van der Waals surface area (Å²) >= 11 is 0. The molecule has 0 atom stereocenters. The minimum absolute atomic E-state index is 0.233. The largest absolute Gasteiger partial charge is 0.324 e. The van der Waals surface area contributed by atoms with Crippen LogP contribution in [0.4, 0.5) is 10.1 Å². The lowest BCUT2D eigenvalue weighted by Crippen LogP contribution is -2.48. The number of hydrogen-bond acceptors (Lipinski definition) is 6. The van der Waals surface area contributed by atoms with Gasteiger partial charge in [-0.1, -0.05) is 6.07 Å². The molecule has 6 rings (SSSR count). The van der Waals surface area contributed by atoms with E-state index in [1.165, 1.54) is 6.20 Å². The van der Waals surface area contributed by atoms with E-state index in [9.17, 15) is 9.18 Å². The highest BCUT2D eigenvalue weighted by Crippen LogP contribution is 2.41. The van der Waals surface area contributed by atoms with Crippen LogP contribution in [-0.4, -0.2) is 45.9 Å². The van der Waals surface area contributed by atoms with Crippen molar-refractivity contribution in [3.05, 3.63) is 71.6 Å². The van der Waals surface area contributed by atoms with Crippen LogP contribution in [0.1, 0.15) is 34.7 Å². The van der Waals surface area contributed by atoms with Gasteiger partial charge >= 0.3 is 0 Å². The first-order valence-corrected chi connectivity index (χ1v) is 10.8. The number of aromatic nitrogens is 3. The Kier molecular flexibility index (Phi) is 4.50. The third-order valence-electron chi connectivity index (χ3n) is 6.17. The molecule has 0 radical (unpaired) electrons. The van der Waals surface area contributed by atoms with E-state index < -0.39 is 0 Å². The maximum Gasteiger partial charge on any atom is 0.260 e. The Hall–Kier alpha value is -3.59. The van der Waals surface area contributed by atoms with Crippen LogP contribution in [0.5, 0.6) is 0 Å². The van der Waals surface area contributed by atoms with E-state index in [2.05, 4.69) is 20.7 Å². The first-order valence-electron chi connectivity index (χ1n) is 10.8. The van der Waals surface area contributed by atoms with Crippen molar-refractivity contribution in [1.29, 1.82) is 0 Å². The van der Waals surface area contributed by atoms with E-state index in [4.69, 9.17) is 5.10 Å². The zero-order chi connectivity index (χ0) is 21.7. The average Bonchev–Trinajstić information content (AvgIpc) is 3.51.